The zero-order chi connectivity index (χ0) is 36.8. The number of carbonyl (C=O) groups is 5. The van der Waals surface area contributed by atoms with E-state index < -0.39 is 85.5 Å². The van der Waals surface area contributed by atoms with Gasteiger partial charge >= 0.3 is 11.9 Å². The number of pyridine rings is 1. The van der Waals surface area contributed by atoms with E-state index >= 15 is 0 Å². The molecule has 5 atom stereocenters. The molecule has 1 saturated heterocycles. The fourth-order valence-corrected chi connectivity index (χ4v) is 7.69. The van der Waals surface area contributed by atoms with Crippen LogP contribution in [0.5, 0.6) is 0 Å². The van der Waals surface area contributed by atoms with Gasteiger partial charge in [0.05, 0.1) is 35.2 Å². The SMILES string of the molecule is C=C[C@@H]1C[C@]1(NC(=O)[C@@H]1C[C@H](OC(=O)c2ccc3ncccc3c2)CN1C(=O)[C@@H](CC(=O)OC(C)(C)C)C(C)(C)C)C(=O)NS(=O)(=O)C1CC1. The van der Waals surface area contributed by atoms with Crippen LogP contribution < -0.4 is 10.0 Å². The lowest BCUT2D eigenvalue weighted by atomic mass is 9.77. The van der Waals surface area contributed by atoms with Crippen molar-refractivity contribution in [2.75, 3.05) is 6.54 Å². The van der Waals surface area contributed by atoms with E-state index in [1.165, 1.54) is 11.0 Å². The zero-order valence-electron chi connectivity index (χ0n) is 29.4. The molecule has 2 saturated carbocycles. The van der Waals surface area contributed by atoms with Crippen molar-refractivity contribution in [3.63, 3.8) is 0 Å². The Bertz CT molecular complexity index is 1830. The van der Waals surface area contributed by atoms with Crippen molar-refractivity contribution in [2.45, 2.75) is 102 Å². The second-order valence-electron chi connectivity index (χ2n) is 15.6. The molecule has 270 valence electrons. The maximum atomic E-state index is 14.4. The van der Waals surface area contributed by atoms with E-state index in [4.69, 9.17) is 9.47 Å². The fourth-order valence-electron chi connectivity index (χ4n) is 6.33. The number of carbonyl (C=O) groups excluding carboxylic acids is 5. The summed E-state index contributed by atoms with van der Waals surface area (Å²) in [5.41, 5.74) is -2.16. The van der Waals surface area contributed by atoms with E-state index in [0.717, 1.165) is 5.39 Å². The lowest BCUT2D eigenvalue weighted by Crippen LogP contribution is -2.57. The molecule has 2 N–H and O–H groups in total. The Balaban J connectivity index is 1.41. The average Bonchev–Trinajstić information content (AvgIpc) is 3.94. The number of ether oxygens (including phenoxy) is 2. The Kier molecular flexibility index (Phi) is 9.92. The number of aromatic nitrogens is 1. The second-order valence-corrected chi connectivity index (χ2v) is 17.5. The normalized spacial score (nSPS) is 24.2. The van der Waals surface area contributed by atoms with Gasteiger partial charge in [-0.2, -0.15) is 0 Å². The highest BCUT2D eigenvalue weighted by Crippen LogP contribution is 2.45. The zero-order valence-corrected chi connectivity index (χ0v) is 30.2. The highest BCUT2D eigenvalue weighted by Gasteiger charge is 2.62. The van der Waals surface area contributed by atoms with Crippen molar-refractivity contribution in [1.82, 2.24) is 19.9 Å². The van der Waals surface area contributed by atoms with Crippen LogP contribution in [0, 0.1) is 17.3 Å². The number of benzene rings is 1. The van der Waals surface area contributed by atoms with E-state index in [1.807, 2.05) is 6.07 Å². The minimum atomic E-state index is -3.91. The summed E-state index contributed by atoms with van der Waals surface area (Å²) in [5, 5.41) is 2.80. The molecular weight excluding hydrogens is 664 g/mol. The summed E-state index contributed by atoms with van der Waals surface area (Å²) in [4.78, 5) is 73.7. The van der Waals surface area contributed by atoms with Crippen LogP contribution in [0.25, 0.3) is 10.9 Å². The van der Waals surface area contributed by atoms with E-state index in [0.29, 0.717) is 18.4 Å². The Morgan fingerprint density at radius 1 is 1.10 bits per heavy atom. The molecule has 0 radical (unpaired) electrons. The van der Waals surface area contributed by atoms with Crippen LogP contribution in [-0.2, 0) is 38.7 Å². The molecular formula is C36H46N4O9S. The van der Waals surface area contributed by atoms with Crippen molar-refractivity contribution < 1.29 is 41.9 Å². The van der Waals surface area contributed by atoms with Crippen LogP contribution in [0.2, 0.25) is 0 Å². The standard InChI is InChI=1S/C36H46N4O9S/c1-8-23-19-36(23,33(45)39-50(46,47)25-12-13-25)38-30(42)28-17-24(48-32(44)22-11-14-27-21(16-22)10-9-15-37-27)20-40(28)31(43)26(34(2,3)4)18-29(41)49-35(5,6)7/h8-11,14-16,23-26,28H,1,12-13,17-20H2,2-7H3,(H,38,42)(H,39,45)/t23-,24+,26-,28+,36-/m1/s1. The molecule has 2 aromatic rings. The lowest BCUT2D eigenvalue weighted by molar-refractivity contribution is -0.161. The maximum absolute atomic E-state index is 14.4. The Labute approximate surface area is 292 Å². The first-order valence-electron chi connectivity index (χ1n) is 16.8. The molecule has 2 heterocycles. The maximum Gasteiger partial charge on any atom is 0.338 e. The summed E-state index contributed by atoms with van der Waals surface area (Å²) in [7, 11) is -3.91. The number of rotatable bonds is 11. The van der Waals surface area contributed by atoms with Gasteiger partial charge in [0.1, 0.15) is 23.3 Å². The van der Waals surface area contributed by atoms with Crippen LogP contribution in [0.1, 0.15) is 84.0 Å². The minimum absolute atomic E-state index is 0.0986. The lowest BCUT2D eigenvalue weighted by Gasteiger charge is -2.35. The van der Waals surface area contributed by atoms with E-state index in [1.54, 1.807) is 72.0 Å². The molecule has 0 bridgehead atoms. The minimum Gasteiger partial charge on any atom is -0.460 e. The highest BCUT2D eigenvalue weighted by atomic mass is 32.2. The number of fused-ring (bicyclic) bond motifs is 1. The molecule has 1 aromatic heterocycles. The number of nitrogens with one attached hydrogen (secondary N) is 2. The molecule has 1 aromatic carbocycles. The van der Waals surface area contributed by atoms with Gasteiger partial charge in [-0.1, -0.05) is 32.9 Å². The molecule has 3 fully saturated rings. The van der Waals surface area contributed by atoms with Gasteiger partial charge in [-0.15, -0.1) is 6.58 Å². The Morgan fingerprint density at radius 2 is 1.80 bits per heavy atom. The van der Waals surface area contributed by atoms with Gasteiger partial charge in [0.25, 0.3) is 5.91 Å². The first-order valence-corrected chi connectivity index (χ1v) is 18.4. The summed E-state index contributed by atoms with van der Waals surface area (Å²) in [6.45, 7) is 14.2. The van der Waals surface area contributed by atoms with Gasteiger partial charge < -0.3 is 19.7 Å². The molecule has 1 aliphatic heterocycles. The predicted molar refractivity (Wildman–Crippen MR) is 184 cm³/mol. The van der Waals surface area contributed by atoms with Gasteiger partial charge in [0, 0.05) is 23.9 Å². The topological polar surface area (TPSA) is 178 Å². The number of likely N-dealkylation sites (tertiary alicyclic amines) is 1. The summed E-state index contributed by atoms with van der Waals surface area (Å²) in [6, 6.07) is 7.26. The van der Waals surface area contributed by atoms with Crippen LogP contribution in [0.3, 0.4) is 0 Å². The third-order valence-electron chi connectivity index (χ3n) is 9.34. The summed E-state index contributed by atoms with van der Waals surface area (Å²) >= 11 is 0. The van der Waals surface area contributed by atoms with Gasteiger partial charge in [-0.3, -0.25) is 28.9 Å². The monoisotopic (exact) mass is 710 g/mol. The molecule has 0 unspecified atom stereocenters. The van der Waals surface area contributed by atoms with Crippen molar-refractivity contribution in [1.29, 1.82) is 0 Å². The van der Waals surface area contributed by atoms with E-state index in [-0.39, 0.29) is 31.4 Å². The van der Waals surface area contributed by atoms with Gasteiger partial charge in [0.15, 0.2) is 0 Å². The number of nitrogens with zero attached hydrogens (tertiary/aromatic N) is 2. The number of sulfonamides is 1. The molecule has 2 aliphatic carbocycles. The van der Waals surface area contributed by atoms with E-state index in [2.05, 4.69) is 21.6 Å². The van der Waals surface area contributed by atoms with Crippen molar-refractivity contribution >= 4 is 50.6 Å². The van der Waals surface area contributed by atoms with Crippen molar-refractivity contribution in [2.24, 2.45) is 17.3 Å². The third-order valence-corrected chi connectivity index (χ3v) is 11.2. The third kappa shape index (κ3) is 8.17. The molecule has 5 rings (SSSR count). The number of hydrogen-bond acceptors (Lipinski definition) is 10. The summed E-state index contributed by atoms with van der Waals surface area (Å²) in [6.07, 6.45) is 2.85. The van der Waals surface area contributed by atoms with Gasteiger partial charge in [-0.05, 0) is 69.7 Å². The van der Waals surface area contributed by atoms with Gasteiger partial charge in [0.2, 0.25) is 21.8 Å². The Morgan fingerprint density at radius 3 is 2.40 bits per heavy atom. The summed E-state index contributed by atoms with van der Waals surface area (Å²) in [5.74, 6) is -4.82. The fraction of sp³-hybridized carbons (Fsp3) is 0.556. The van der Waals surface area contributed by atoms with Crippen LogP contribution in [0.4, 0.5) is 0 Å². The van der Waals surface area contributed by atoms with Crippen molar-refractivity contribution in [3.05, 3.63) is 54.7 Å². The largest absolute Gasteiger partial charge is 0.460 e. The quantitative estimate of drug-likeness (QED) is 0.259. The number of esters is 2. The van der Waals surface area contributed by atoms with Crippen LogP contribution >= 0.6 is 0 Å². The van der Waals surface area contributed by atoms with E-state index in [9.17, 15) is 32.4 Å². The molecule has 0 spiro atoms. The first-order chi connectivity index (χ1) is 23.2. The highest BCUT2D eigenvalue weighted by molar-refractivity contribution is 7.91. The molecule has 3 aliphatic rings. The second kappa shape index (κ2) is 13.4. The summed E-state index contributed by atoms with van der Waals surface area (Å²) < 4.78 is 38.7. The van der Waals surface area contributed by atoms with Gasteiger partial charge in [-0.25, -0.2) is 13.2 Å². The molecule has 13 nitrogen and oxygen atoms in total. The van der Waals surface area contributed by atoms with Crippen molar-refractivity contribution in [3.8, 4) is 0 Å². The molecule has 14 heteroatoms. The Hall–Kier alpha value is -4.33. The predicted octanol–water partition coefficient (Wildman–Crippen LogP) is 3.42. The van der Waals surface area contributed by atoms with Crippen LogP contribution in [-0.4, -0.2) is 83.0 Å². The number of amides is 3. The number of hydrogen-bond donors (Lipinski definition) is 2. The first kappa shape index (κ1) is 36.9. The average molecular weight is 711 g/mol. The molecule has 50 heavy (non-hydrogen) atoms. The van der Waals surface area contributed by atoms with Crippen LogP contribution in [0.15, 0.2) is 49.2 Å². The molecule has 3 amide bonds. The smallest absolute Gasteiger partial charge is 0.338 e.